The molecule has 0 radical (unpaired) electrons. The number of anilines is 1. The first-order valence-electron chi connectivity index (χ1n) is 9.98. The Balaban J connectivity index is 1.57. The maximum absolute atomic E-state index is 12.7. The minimum atomic E-state index is -0.586. The second kappa shape index (κ2) is 8.76. The molecule has 1 aromatic heterocycles. The number of aryl methyl sites for hydroxylation is 1. The van der Waals surface area contributed by atoms with Gasteiger partial charge in [0.25, 0.3) is 11.8 Å². The Labute approximate surface area is 188 Å². The zero-order valence-electron chi connectivity index (χ0n) is 17.5. The number of benzene rings is 2. The SMILES string of the molecule is CCc1ccc(-c2csc(NC(=O)CN3C(=O)c4ccccc4C3=O)c2C(=O)OC)cc1. The second-order valence-electron chi connectivity index (χ2n) is 7.19. The quantitative estimate of drug-likeness (QED) is 0.455. The average Bonchev–Trinajstić information content (AvgIpc) is 3.33. The van der Waals surface area contributed by atoms with Crippen LogP contribution in [0.1, 0.15) is 43.6 Å². The van der Waals surface area contributed by atoms with E-state index in [4.69, 9.17) is 4.74 Å². The van der Waals surface area contributed by atoms with Crippen LogP contribution >= 0.6 is 11.3 Å². The smallest absolute Gasteiger partial charge is 0.341 e. The average molecular weight is 449 g/mol. The Morgan fingerprint density at radius 2 is 1.59 bits per heavy atom. The van der Waals surface area contributed by atoms with E-state index in [1.807, 2.05) is 24.3 Å². The van der Waals surface area contributed by atoms with Gasteiger partial charge in [-0.2, -0.15) is 0 Å². The number of carbonyl (C=O) groups excluding carboxylic acids is 4. The molecule has 0 fully saturated rings. The zero-order chi connectivity index (χ0) is 22.8. The van der Waals surface area contributed by atoms with Gasteiger partial charge in [0.2, 0.25) is 5.91 Å². The summed E-state index contributed by atoms with van der Waals surface area (Å²) in [5, 5.41) is 4.73. The third-order valence-electron chi connectivity index (χ3n) is 5.29. The molecule has 8 heteroatoms. The monoisotopic (exact) mass is 448 g/mol. The molecule has 1 aliphatic heterocycles. The number of amides is 3. The maximum atomic E-state index is 12.7. The van der Waals surface area contributed by atoms with Gasteiger partial charge >= 0.3 is 5.97 Å². The summed E-state index contributed by atoms with van der Waals surface area (Å²) in [4.78, 5) is 51.1. The molecular formula is C24H20N2O5S. The molecule has 162 valence electrons. The summed E-state index contributed by atoms with van der Waals surface area (Å²) in [6.07, 6.45) is 0.896. The van der Waals surface area contributed by atoms with Crippen LogP contribution in [0.2, 0.25) is 0 Å². The highest BCUT2D eigenvalue weighted by Crippen LogP contribution is 2.36. The summed E-state index contributed by atoms with van der Waals surface area (Å²) in [6.45, 7) is 1.60. The van der Waals surface area contributed by atoms with E-state index < -0.39 is 30.2 Å². The molecule has 0 saturated heterocycles. The van der Waals surface area contributed by atoms with Crippen molar-refractivity contribution in [2.75, 3.05) is 19.0 Å². The van der Waals surface area contributed by atoms with E-state index in [1.165, 1.54) is 18.4 Å². The molecule has 7 nitrogen and oxygen atoms in total. The number of fused-ring (bicyclic) bond motifs is 1. The highest BCUT2D eigenvalue weighted by molar-refractivity contribution is 7.15. The first-order valence-corrected chi connectivity index (χ1v) is 10.9. The van der Waals surface area contributed by atoms with Gasteiger partial charge in [0.1, 0.15) is 17.1 Å². The van der Waals surface area contributed by atoms with Gasteiger partial charge in [0, 0.05) is 10.9 Å². The fraction of sp³-hybridized carbons (Fsp3) is 0.167. The third-order valence-corrected chi connectivity index (χ3v) is 6.18. The van der Waals surface area contributed by atoms with Gasteiger partial charge in [-0.05, 0) is 29.7 Å². The summed E-state index contributed by atoms with van der Waals surface area (Å²) >= 11 is 1.18. The number of carbonyl (C=O) groups is 4. The van der Waals surface area contributed by atoms with Crippen molar-refractivity contribution in [3.63, 3.8) is 0 Å². The maximum Gasteiger partial charge on any atom is 0.341 e. The van der Waals surface area contributed by atoms with E-state index in [0.29, 0.717) is 10.6 Å². The third kappa shape index (κ3) is 3.80. The normalized spacial score (nSPS) is 12.6. The predicted molar refractivity (Wildman–Crippen MR) is 121 cm³/mol. The first kappa shape index (κ1) is 21.5. The topological polar surface area (TPSA) is 92.8 Å². The lowest BCUT2D eigenvalue weighted by Crippen LogP contribution is -2.37. The molecule has 0 bridgehead atoms. The van der Waals surface area contributed by atoms with Gasteiger partial charge in [0.05, 0.1) is 18.2 Å². The number of imide groups is 1. The number of nitrogens with zero attached hydrogens (tertiary/aromatic N) is 1. The molecule has 3 amide bonds. The summed E-state index contributed by atoms with van der Waals surface area (Å²) in [7, 11) is 1.27. The first-order chi connectivity index (χ1) is 15.4. The van der Waals surface area contributed by atoms with Crippen molar-refractivity contribution < 1.29 is 23.9 Å². The number of hydrogen-bond donors (Lipinski definition) is 1. The van der Waals surface area contributed by atoms with Crippen molar-refractivity contribution in [3.8, 4) is 11.1 Å². The van der Waals surface area contributed by atoms with Crippen LogP contribution in [-0.4, -0.2) is 42.2 Å². The van der Waals surface area contributed by atoms with Gasteiger partial charge in [-0.1, -0.05) is 43.3 Å². The lowest BCUT2D eigenvalue weighted by Gasteiger charge is -2.14. The number of hydrogen-bond acceptors (Lipinski definition) is 6. The molecule has 1 aliphatic rings. The van der Waals surface area contributed by atoms with Gasteiger partial charge in [-0.3, -0.25) is 19.3 Å². The van der Waals surface area contributed by atoms with Crippen molar-refractivity contribution in [2.24, 2.45) is 0 Å². The largest absolute Gasteiger partial charge is 0.465 e. The zero-order valence-corrected chi connectivity index (χ0v) is 18.3. The standard InChI is InChI=1S/C24H20N2O5S/c1-3-14-8-10-15(11-9-14)18-13-32-21(20(18)24(30)31-2)25-19(27)12-26-22(28)16-6-4-5-7-17(16)23(26)29/h4-11,13H,3,12H2,1-2H3,(H,25,27). The van der Waals surface area contributed by atoms with Gasteiger partial charge in [0.15, 0.2) is 0 Å². The van der Waals surface area contributed by atoms with Crippen molar-refractivity contribution in [2.45, 2.75) is 13.3 Å². The molecule has 4 rings (SSSR count). The minimum absolute atomic E-state index is 0.234. The van der Waals surface area contributed by atoms with E-state index in [2.05, 4.69) is 12.2 Å². The Bertz CT molecular complexity index is 1190. The Morgan fingerprint density at radius 1 is 0.969 bits per heavy atom. The number of esters is 1. The summed E-state index contributed by atoms with van der Waals surface area (Å²) in [5.41, 5.74) is 3.40. The van der Waals surface area contributed by atoms with Crippen LogP contribution in [0.25, 0.3) is 11.1 Å². The molecule has 0 unspecified atom stereocenters. The highest BCUT2D eigenvalue weighted by atomic mass is 32.1. The molecule has 0 atom stereocenters. The number of nitrogens with one attached hydrogen (secondary N) is 1. The number of methoxy groups -OCH3 is 1. The Morgan fingerprint density at radius 3 is 2.16 bits per heavy atom. The molecule has 2 heterocycles. The van der Waals surface area contributed by atoms with Crippen LogP contribution in [0.4, 0.5) is 5.00 Å². The molecule has 3 aromatic rings. The van der Waals surface area contributed by atoms with Gasteiger partial charge in [-0.15, -0.1) is 11.3 Å². The second-order valence-corrected chi connectivity index (χ2v) is 8.07. The van der Waals surface area contributed by atoms with E-state index in [0.717, 1.165) is 22.4 Å². The Hall–Kier alpha value is -3.78. The van der Waals surface area contributed by atoms with Crippen molar-refractivity contribution in [1.29, 1.82) is 0 Å². The Kier molecular flexibility index (Phi) is 5.87. The summed E-state index contributed by atoms with van der Waals surface area (Å²) < 4.78 is 4.93. The molecule has 1 N–H and O–H groups in total. The van der Waals surface area contributed by atoms with Gasteiger partial charge in [-0.25, -0.2) is 4.79 Å². The predicted octanol–water partition coefficient (Wildman–Crippen LogP) is 4.00. The van der Waals surface area contributed by atoms with E-state index in [-0.39, 0.29) is 16.7 Å². The summed E-state index contributed by atoms with van der Waals surface area (Å²) in [5.74, 6) is -2.20. The molecule has 32 heavy (non-hydrogen) atoms. The minimum Gasteiger partial charge on any atom is -0.465 e. The van der Waals surface area contributed by atoms with Crippen LogP contribution in [0.5, 0.6) is 0 Å². The van der Waals surface area contributed by atoms with Crippen LogP contribution in [-0.2, 0) is 16.0 Å². The van der Waals surface area contributed by atoms with E-state index in [9.17, 15) is 19.2 Å². The van der Waals surface area contributed by atoms with Crippen molar-refractivity contribution >= 4 is 40.0 Å². The fourth-order valence-electron chi connectivity index (χ4n) is 3.58. The van der Waals surface area contributed by atoms with Crippen LogP contribution in [0, 0.1) is 0 Å². The van der Waals surface area contributed by atoms with Crippen molar-refractivity contribution in [3.05, 3.63) is 76.2 Å². The lowest BCUT2D eigenvalue weighted by atomic mass is 10.0. The fourth-order valence-corrected chi connectivity index (χ4v) is 4.55. The molecule has 0 saturated carbocycles. The molecule has 2 aromatic carbocycles. The number of ether oxygens (including phenoxy) is 1. The summed E-state index contributed by atoms with van der Waals surface area (Å²) in [6, 6.07) is 14.2. The van der Waals surface area contributed by atoms with E-state index >= 15 is 0 Å². The molecular weight excluding hydrogens is 428 g/mol. The van der Waals surface area contributed by atoms with Crippen LogP contribution in [0.3, 0.4) is 0 Å². The van der Waals surface area contributed by atoms with Crippen LogP contribution in [0.15, 0.2) is 53.9 Å². The highest BCUT2D eigenvalue weighted by Gasteiger charge is 2.36. The van der Waals surface area contributed by atoms with Crippen LogP contribution < -0.4 is 5.32 Å². The van der Waals surface area contributed by atoms with Crippen molar-refractivity contribution in [1.82, 2.24) is 4.90 Å². The molecule has 0 spiro atoms. The van der Waals surface area contributed by atoms with Gasteiger partial charge < -0.3 is 10.1 Å². The van der Waals surface area contributed by atoms with E-state index in [1.54, 1.807) is 29.6 Å². The lowest BCUT2D eigenvalue weighted by molar-refractivity contribution is -0.116. The number of rotatable bonds is 6. The number of thiophene rings is 1. The molecule has 0 aliphatic carbocycles.